The van der Waals surface area contributed by atoms with E-state index in [0.717, 1.165) is 64.6 Å². The quantitative estimate of drug-likeness (QED) is 0.835. The summed E-state index contributed by atoms with van der Waals surface area (Å²) in [6.07, 6.45) is 0. The normalized spacial score (nSPS) is 22.2. The summed E-state index contributed by atoms with van der Waals surface area (Å²) < 4.78 is 0. The Hall–Kier alpha value is -1.30. The zero-order valence-corrected chi connectivity index (χ0v) is 14.0. The van der Waals surface area contributed by atoms with Gasteiger partial charge in [-0.25, -0.2) is 0 Å². The lowest BCUT2D eigenvalue weighted by Gasteiger charge is -2.37. The Morgan fingerprint density at radius 1 is 0.864 bits per heavy atom. The van der Waals surface area contributed by atoms with Crippen molar-refractivity contribution in [2.75, 3.05) is 77.1 Å². The molecule has 22 heavy (non-hydrogen) atoms. The predicted molar refractivity (Wildman–Crippen MR) is 93.3 cm³/mol. The van der Waals surface area contributed by atoms with Crippen LogP contribution in [0.15, 0.2) is 18.2 Å². The Kier molecular flexibility index (Phi) is 4.86. The van der Waals surface area contributed by atoms with Crippen LogP contribution < -0.4 is 10.6 Å². The van der Waals surface area contributed by atoms with E-state index in [2.05, 4.69) is 45.8 Å². The first-order chi connectivity index (χ1) is 10.6. The molecule has 1 aromatic carbocycles. The number of hydrogen-bond acceptors (Lipinski definition) is 5. The maximum absolute atomic E-state index is 6.05. The summed E-state index contributed by atoms with van der Waals surface area (Å²) in [7, 11) is 4.40. The summed E-state index contributed by atoms with van der Waals surface area (Å²) in [4.78, 5) is 9.87. The molecule has 5 heteroatoms. The minimum atomic E-state index is 0.877. The molecule has 2 N–H and O–H groups in total. The van der Waals surface area contributed by atoms with Gasteiger partial charge in [0.05, 0.1) is 0 Å². The monoisotopic (exact) mass is 303 g/mol. The number of likely N-dealkylation sites (N-methyl/N-ethyl adjacent to an activating group) is 2. The molecular formula is C17H29N5. The first-order valence-electron chi connectivity index (χ1n) is 8.34. The minimum Gasteiger partial charge on any atom is -0.399 e. The smallest absolute Gasteiger partial charge is 0.0414 e. The number of nitrogens with zero attached hydrogens (tertiary/aromatic N) is 4. The van der Waals surface area contributed by atoms with Gasteiger partial charge >= 0.3 is 0 Å². The fourth-order valence-electron chi connectivity index (χ4n) is 3.33. The largest absolute Gasteiger partial charge is 0.399 e. The number of rotatable bonds is 3. The molecule has 0 aromatic heterocycles. The Morgan fingerprint density at radius 3 is 2.09 bits per heavy atom. The first-order valence-corrected chi connectivity index (χ1v) is 8.34. The third-order valence-corrected chi connectivity index (χ3v) is 4.94. The van der Waals surface area contributed by atoms with Crippen LogP contribution in [0.1, 0.15) is 5.56 Å². The maximum atomic E-state index is 6.05. The summed E-state index contributed by atoms with van der Waals surface area (Å²) in [6.45, 7) is 10.1. The Bertz CT molecular complexity index is 488. The van der Waals surface area contributed by atoms with Gasteiger partial charge < -0.3 is 20.4 Å². The van der Waals surface area contributed by atoms with Crippen molar-refractivity contribution in [1.29, 1.82) is 0 Å². The average Bonchev–Trinajstić information content (AvgIpc) is 2.51. The maximum Gasteiger partial charge on any atom is 0.0414 e. The molecule has 122 valence electrons. The van der Waals surface area contributed by atoms with E-state index < -0.39 is 0 Å². The fourth-order valence-corrected chi connectivity index (χ4v) is 3.33. The molecule has 2 heterocycles. The molecule has 2 fully saturated rings. The first kappa shape index (κ1) is 15.6. The second-order valence-electron chi connectivity index (χ2n) is 6.76. The highest BCUT2D eigenvalue weighted by atomic mass is 15.3. The summed E-state index contributed by atoms with van der Waals surface area (Å²) in [5, 5.41) is 0. The van der Waals surface area contributed by atoms with Crippen LogP contribution in [-0.4, -0.2) is 81.2 Å². The van der Waals surface area contributed by atoms with Gasteiger partial charge in [0.2, 0.25) is 0 Å². The van der Waals surface area contributed by atoms with Gasteiger partial charge in [-0.05, 0) is 37.9 Å². The van der Waals surface area contributed by atoms with Crippen LogP contribution in [0.2, 0.25) is 0 Å². The molecule has 0 aliphatic carbocycles. The Morgan fingerprint density at radius 2 is 1.45 bits per heavy atom. The molecule has 2 aliphatic rings. The van der Waals surface area contributed by atoms with E-state index in [1.54, 1.807) is 0 Å². The SMILES string of the molecule is CN1CCN(Cc2cc(N)ccc2N2CCN(C)CC2)CC1. The van der Waals surface area contributed by atoms with E-state index in [9.17, 15) is 0 Å². The van der Waals surface area contributed by atoms with Gasteiger partial charge in [-0.2, -0.15) is 0 Å². The van der Waals surface area contributed by atoms with E-state index in [4.69, 9.17) is 5.73 Å². The van der Waals surface area contributed by atoms with Crippen molar-refractivity contribution in [1.82, 2.24) is 14.7 Å². The molecule has 5 nitrogen and oxygen atoms in total. The summed E-state index contributed by atoms with van der Waals surface area (Å²) in [5.41, 5.74) is 9.69. The highest BCUT2D eigenvalue weighted by Gasteiger charge is 2.20. The average molecular weight is 303 g/mol. The van der Waals surface area contributed by atoms with Crippen molar-refractivity contribution in [3.05, 3.63) is 23.8 Å². The second kappa shape index (κ2) is 6.86. The lowest BCUT2D eigenvalue weighted by atomic mass is 10.1. The fraction of sp³-hybridized carbons (Fsp3) is 0.647. The van der Waals surface area contributed by atoms with Crippen LogP contribution in [0.25, 0.3) is 0 Å². The van der Waals surface area contributed by atoms with Crippen molar-refractivity contribution in [2.45, 2.75) is 6.54 Å². The van der Waals surface area contributed by atoms with Crippen LogP contribution in [0, 0.1) is 0 Å². The molecule has 0 bridgehead atoms. The summed E-state index contributed by atoms with van der Waals surface area (Å²) in [5.74, 6) is 0. The molecule has 0 radical (unpaired) electrons. The second-order valence-corrected chi connectivity index (χ2v) is 6.76. The Labute approximate surface area is 134 Å². The van der Waals surface area contributed by atoms with Crippen molar-refractivity contribution in [3.63, 3.8) is 0 Å². The highest BCUT2D eigenvalue weighted by molar-refractivity contribution is 5.60. The van der Waals surface area contributed by atoms with Gasteiger partial charge in [-0.15, -0.1) is 0 Å². The van der Waals surface area contributed by atoms with Crippen LogP contribution in [0.5, 0.6) is 0 Å². The number of anilines is 2. The van der Waals surface area contributed by atoms with Gasteiger partial charge in [0.1, 0.15) is 0 Å². The predicted octanol–water partition coefficient (Wildman–Crippen LogP) is 0.768. The highest BCUT2D eigenvalue weighted by Crippen LogP contribution is 2.26. The zero-order valence-electron chi connectivity index (χ0n) is 14.0. The zero-order chi connectivity index (χ0) is 15.5. The van der Waals surface area contributed by atoms with Crippen molar-refractivity contribution in [2.24, 2.45) is 0 Å². The van der Waals surface area contributed by atoms with Crippen LogP contribution >= 0.6 is 0 Å². The topological polar surface area (TPSA) is 39.0 Å². The number of nitrogen functional groups attached to an aromatic ring is 1. The van der Waals surface area contributed by atoms with E-state index in [0.29, 0.717) is 0 Å². The number of benzene rings is 1. The lowest BCUT2D eigenvalue weighted by molar-refractivity contribution is 0.148. The van der Waals surface area contributed by atoms with Crippen molar-refractivity contribution >= 4 is 11.4 Å². The van der Waals surface area contributed by atoms with Crippen molar-refractivity contribution in [3.8, 4) is 0 Å². The number of nitrogens with two attached hydrogens (primary N) is 1. The van der Waals surface area contributed by atoms with Crippen LogP contribution in [0.3, 0.4) is 0 Å². The van der Waals surface area contributed by atoms with Gasteiger partial charge in [-0.1, -0.05) is 0 Å². The van der Waals surface area contributed by atoms with E-state index >= 15 is 0 Å². The summed E-state index contributed by atoms with van der Waals surface area (Å²) in [6, 6.07) is 6.43. The minimum absolute atomic E-state index is 0.877. The van der Waals surface area contributed by atoms with Crippen LogP contribution in [0.4, 0.5) is 11.4 Å². The third-order valence-electron chi connectivity index (χ3n) is 4.94. The number of piperazine rings is 2. The van der Waals surface area contributed by atoms with Gasteiger partial charge in [0.15, 0.2) is 0 Å². The molecule has 0 spiro atoms. The molecule has 0 amide bonds. The van der Waals surface area contributed by atoms with E-state index in [1.165, 1.54) is 11.3 Å². The molecular weight excluding hydrogens is 274 g/mol. The van der Waals surface area contributed by atoms with Crippen LogP contribution in [-0.2, 0) is 6.54 Å². The van der Waals surface area contributed by atoms with Gasteiger partial charge in [0, 0.05) is 70.3 Å². The standard InChI is InChI=1S/C17H29N5/c1-19-5-9-21(10-6-19)14-15-13-16(18)3-4-17(15)22-11-7-20(2)8-12-22/h3-4,13H,5-12,14,18H2,1-2H3. The Balaban J connectivity index is 1.73. The molecule has 0 atom stereocenters. The molecule has 2 saturated heterocycles. The molecule has 2 aliphatic heterocycles. The summed E-state index contributed by atoms with van der Waals surface area (Å²) >= 11 is 0. The molecule has 1 aromatic rings. The van der Waals surface area contributed by atoms with Gasteiger partial charge in [-0.3, -0.25) is 4.90 Å². The molecule has 0 saturated carbocycles. The third kappa shape index (κ3) is 3.72. The van der Waals surface area contributed by atoms with Crippen molar-refractivity contribution < 1.29 is 0 Å². The van der Waals surface area contributed by atoms with E-state index in [1.807, 2.05) is 6.07 Å². The van der Waals surface area contributed by atoms with E-state index in [-0.39, 0.29) is 0 Å². The molecule has 0 unspecified atom stereocenters. The molecule has 3 rings (SSSR count). The number of hydrogen-bond donors (Lipinski definition) is 1. The van der Waals surface area contributed by atoms with Gasteiger partial charge in [0.25, 0.3) is 0 Å². The lowest BCUT2D eigenvalue weighted by Crippen LogP contribution is -2.46.